The van der Waals surface area contributed by atoms with Crippen molar-refractivity contribution in [2.75, 3.05) is 19.8 Å². The van der Waals surface area contributed by atoms with Crippen LogP contribution in [0.5, 0.6) is 0 Å². The van der Waals surface area contributed by atoms with E-state index in [1.807, 2.05) is 6.92 Å². The number of ether oxygens (including phenoxy) is 1. The lowest BCUT2D eigenvalue weighted by molar-refractivity contribution is -0.126. The molecule has 2 rings (SSSR count). The first-order valence-corrected chi connectivity index (χ1v) is 8.25. The van der Waals surface area contributed by atoms with Crippen molar-refractivity contribution in [3.63, 3.8) is 0 Å². The van der Waals surface area contributed by atoms with E-state index in [2.05, 4.69) is 5.32 Å². The fraction of sp³-hybridized carbons (Fsp3) is 0.938. The Morgan fingerprint density at radius 2 is 1.71 bits per heavy atom. The van der Waals surface area contributed by atoms with E-state index in [1.165, 1.54) is 25.7 Å². The summed E-state index contributed by atoms with van der Waals surface area (Å²) in [5.41, 5.74) is 5.87. The van der Waals surface area contributed by atoms with Gasteiger partial charge < -0.3 is 15.8 Å². The lowest BCUT2D eigenvalue weighted by Crippen LogP contribution is -2.53. The van der Waals surface area contributed by atoms with Gasteiger partial charge in [0.2, 0.25) is 5.91 Å². The first-order chi connectivity index (χ1) is 9.60. The minimum atomic E-state index is -0.598. The Kier molecular flexibility index (Phi) is 7.45. The van der Waals surface area contributed by atoms with Crippen molar-refractivity contribution in [3.05, 3.63) is 0 Å². The topological polar surface area (TPSA) is 64.3 Å². The molecule has 2 fully saturated rings. The molecular weight excluding hydrogens is 288 g/mol. The zero-order chi connectivity index (χ0) is 14.5. The van der Waals surface area contributed by atoms with Crippen LogP contribution < -0.4 is 11.1 Å². The van der Waals surface area contributed by atoms with Crippen LogP contribution in [0.15, 0.2) is 0 Å². The highest BCUT2D eigenvalue weighted by molar-refractivity contribution is 5.86. The third kappa shape index (κ3) is 4.83. The Bertz CT molecular complexity index is 324. The maximum absolute atomic E-state index is 12.3. The van der Waals surface area contributed by atoms with Gasteiger partial charge in [-0.05, 0) is 44.4 Å². The molecule has 3 N–H and O–H groups in total. The molecule has 0 saturated heterocycles. The van der Waals surface area contributed by atoms with E-state index >= 15 is 0 Å². The minimum Gasteiger partial charge on any atom is -0.382 e. The first-order valence-electron chi connectivity index (χ1n) is 8.25. The van der Waals surface area contributed by atoms with Gasteiger partial charge in [-0.15, -0.1) is 12.4 Å². The zero-order valence-corrected chi connectivity index (χ0v) is 14.1. The van der Waals surface area contributed by atoms with Gasteiger partial charge in [-0.3, -0.25) is 4.79 Å². The Morgan fingerprint density at radius 1 is 1.14 bits per heavy atom. The Morgan fingerprint density at radius 3 is 2.29 bits per heavy atom. The molecule has 2 saturated carbocycles. The number of carbonyl (C=O) groups excluding carboxylic acids is 1. The van der Waals surface area contributed by atoms with Gasteiger partial charge in [-0.1, -0.05) is 25.7 Å². The third-order valence-corrected chi connectivity index (χ3v) is 5.22. The molecule has 0 aromatic heterocycles. The van der Waals surface area contributed by atoms with Crippen LogP contribution in [-0.4, -0.2) is 31.2 Å². The standard InChI is InChI=1S/C16H30N2O2.ClH/c1-2-20-12-11-15(7-3-4-8-15)13-18-14(19)16(17)9-5-6-10-16;/h2-13,17H2,1H3,(H,18,19);1H. The molecule has 0 heterocycles. The van der Waals surface area contributed by atoms with Gasteiger partial charge in [0, 0.05) is 19.8 Å². The molecule has 0 atom stereocenters. The molecule has 124 valence electrons. The number of hydrogen-bond donors (Lipinski definition) is 2. The monoisotopic (exact) mass is 318 g/mol. The average Bonchev–Trinajstić information content (AvgIpc) is 3.07. The van der Waals surface area contributed by atoms with Crippen molar-refractivity contribution in [1.29, 1.82) is 0 Å². The SMILES string of the molecule is CCOCCC1(CNC(=O)C2(N)CCCC2)CCCC1.Cl. The van der Waals surface area contributed by atoms with Crippen LogP contribution in [0.3, 0.4) is 0 Å². The van der Waals surface area contributed by atoms with Gasteiger partial charge in [-0.25, -0.2) is 0 Å². The van der Waals surface area contributed by atoms with Crippen molar-refractivity contribution in [3.8, 4) is 0 Å². The molecule has 0 spiro atoms. The molecule has 0 aliphatic heterocycles. The molecule has 1 amide bonds. The van der Waals surface area contributed by atoms with E-state index in [4.69, 9.17) is 10.5 Å². The summed E-state index contributed by atoms with van der Waals surface area (Å²) in [5.74, 6) is 0.0673. The summed E-state index contributed by atoms with van der Waals surface area (Å²) in [6, 6.07) is 0. The summed E-state index contributed by atoms with van der Waals surface area (Å²) in [7, 11) is 0. The number of nitrogens with one attached hydrogen (secondary N) is 1. The largest absolute Gasteiger partial charge is 0.382 e. The predicted octanol–water partition coefficient (Wildman–Crippen LogP) is 2.78. The number of rotatable bonds is 7. The molecular formula is C16H31ClN2O2. The van der Waals surface area contributed by atoms with E-state index < -0.39 is 5.54 Å². The highest BCUT2D eigenvalue weighted by atomic mass is 35.5. The fourth-order valence-electron chi connectivity index (χ4n) is 3.75. The van der Waals surface area contributed by atoms with Gasteiger partial charge in [0.15, 0.2) is 0 Å². The van der Waals surface area contributed by atoms with Gasteiger partial charge in [-0.2, -0.15) is 0 Å². The second kappa shape index (κ2) is 8.35. The fourth-order valence-corrected chi connectivity index (χ4v) is 3.75. The highest BCUT2D eigenvalue weighted by Crippen LogP contribution is 2.40. The molecule has 0 bridgehead atoms. The molecule has 2 aliphatic rings. The summed E-state index contributed by atoms with van der Waals surface area (Å²) in [4.78, 5) is 12.3. The Labute approximate surface area is 135 Å². The van der Waals surface area contributed by atoms with E-state index in [0.717, 1.165) is 51.9 Å². The maximum Gasteiger partial charge on any atom is 0.240 e. The van der Waals surface area contributed by atoms with Gasteiger partial charge in [0.25, 0.3) is 0 Å². The molecule has 2 aliphatic carbocycles. The van der Waals surface area contributed by atoms with Crippen LogP contribution in [0, 0.1) is 5.41 Å². The van der Waals surface area contributed by atoms with E-state index in [9.17, 15) is 4.79 Å². The summed E-state index contributed by atoms with van der Waals surface area (Å²) in [6.07, 6.45) is 9.86. The molecule has 5 heteroatoms. The maximum atomic E-state index is 12.3. The number of halogens is 1. The summed E-state index contributed by atoms with van der Waals surface area (Å²) < 4.78 is 5.51. The van der Waals surface area contributed by atoms with Gasteiger partial charge >= 0.3 is 0 Å². The number of carbonyl (C=O) groups is 1. The second-order valence-corrected chi connectivity index (χ2v) is 6.70. The third-order valence-electron chi connectivity index (χ3n) is 5.22. The number of amides is 1. The van der Waals surface area contributed by atoms with Crippen LogP contribution in [0.25, 0.3) is 0 Å². The van der Waals surface area contributed by atoms with E-state index in [-0.39, 0.29) is 23.7 Å². The van der Waals surface area contributed by atoms with Crippen LogP contribution in [0.2, 0.25) is 0 Å². The van der Waals surface area contributed by atoms with E-state index in [0.29, 0.717) is 0 Å². The summed E-state index contributed by atoms with van der Waals surface area (Å²) in [5, 5.41) is 3.16. The van der Waals surface area contributed by atoms with Crippen LogP contribution in [-0.2, 0) is 9.53 Å². The van der Waals surface area contributed by atoms with Crippen molar-refractivity contribution in [2.45, 2.75) is 70.3 Å². The summed E-state index contributed by atoms with van der Waals surface area (Å²) >= 11 is 0. The Hall–Kier alpha value is -0.320. The lowest BCUT2D eigenvalue weighted by atomic mass is 9.82. The Balaban J connectivity index is 0.00000220. The van der Waals surface area contributed by atoms with Crippen LogP contribution >= 0.6 is 12.4 Å². The lowest BCUT2D eigenvalue weighted by Gasteiger charge is -2.31. The quantitative estimate of drug-likeness (QED) is 0.709. The van der Waals surface area contributed by atoms with Crippen molar-refractivity contribution in [2.24, 2.45) is 11.1 Å². The van der Waals surface area contributed by atoms with Crippen molar-refractivity contribution in [1.82, 2.24) is 5.32 Å². The zero-order valence-electron chi connectivity index (χ0n) is 13.3. The number of nitrogens with two attached hydrogens (primary N) is 1. The van der Waals surface area contributed by atoms with Crippen LogP contribution in [0.4, 0.5) is 0 Å². The van der Waals surface area contributed by atoms with E-state index in [1.54, 1.807) is 0 Å². The smallest absolute Gasteiger partial charge is 0.240 e. The first kappa shape index (κ1) is 18.7. The highest BCUT2D eigenvalue weighted by Gasteiger charge is 2.39. The van der Waals surface area contributed by atoms with Crippen molar-refractivity contribution >= 4 is 18.3 Å². The van der Waals surface area contributed by atoms with Crippen molar-refractivity contribution < 1.29 is 9.53 Å². The molecule has 21 heavy (non-hydrogen) atoms. The molecule has 4 nitrogen and oxygen atoms in total. The average molecular weight is 319 g/mol. The molecule has 0 unspecified atom stereocenters. The minimum absolute atomic E-state index is 0. The second-order valence-electron chi connectivity index (χ2n) is 6.70. The summed E-state index contributed by atoms with van der Waals surface area (Å²) in [6.45, 7) is 4.38. The van der Waals surface area contributed by atoms with Crippen LogP contribution in [0.1, 0.15) is 64.7 Å². The predicted molar refractivity (Wildman–Crippen MR) is 87.7 cm³/mol. The normalized spacial score (nSPS) is 22.8. The molecule has 0 radical (unpaired) electrons. The number of hydrogen-bond acceptors (Lipinski definition) is 3. The molecule has 0 aromatic carbocycles. The molecule has 0 aromatic rings. The van der Waals surface area contributed by atoms with Gasteiger partial charge in [0.1, 0.15) is 0 Å². The van der Waals surface area contributed by atoms with Gasteiger partial charge in [0.05, 0.1) is 5.54 Å².